The number of hydrogen-bond donors (Lipinski definition) is 1. The van der Waals surface area contributed by atoms with Crippen LogP contribution in [0.5, 0.6) is 0 Å². The quantitative estimate of drug-likeness (QED) is 0.837. The smallest absolute Gasteiger partial charge is 0.252 e. The first-order valence-corrected chi connectivity index (χ1v) is 6.78. The van der Waals surface area contributed by atoms with Gasteiger partial charge in [-0.3, -0.25) is 14.5 Å². The molecule has 1 aromatic rings. The van der Waals surface area contributed by atoms with Crippen molar-refractivity contribution < 1.29 is 14.1 Å². The molecule has 6 nitrogen and oxygen atoms in total. The topological polar surface area (TPSA) is 75.4 Å². The van der Waals surface area contributed by atoms with Crippen molar-refractivity contribution in [3.05, 3.63) is 12.3 Å². The Kier molecular flexibility index (Phi) is 3.23. The molecule has 0 spiro atoms. The second kappa shape index (κ2) is 5.03. The highest BCUT2D eigenvalue weighted by Gasteiger charge is 2.42. The van der Waals surface area contributed by atoms with E-state index in [1.165, 1.54) is 17.6 Å². The van der Waals surface area contributed by atoms with Gasteiger partial charge in [-0.2, -0.15) is 0 Å². The van der Waals surface area contributed by atoms with Crippen LogP contribution in [0.2, 0.25) is 0 Å². The number of likely N-dealkylation sites (tertiary alicyclic amines) is 1. The molecule has 1 aromatic heterocycles. The van der Waals surface area contributed by atoms with Crippen molar-refractivity contribution in [2.24, 2.45) is 0 Å². The van der Waals surface area contributed by atoms with Crippen molar-refractivity contribution in [3.8, 4) is 0 Å². The Morgan fingerprint density at radius 1 is 1.26 bits per heavy atom. The molecule has 1 aliphatic carbocycles. The molecular formula is C13H17N3O3. The van der Waals surface area contributed by atoms with Gasteiger partial charge in [0.1, 0.15) is 12.3 Å². The van der Waals surface area contributed by atoms with Crippen LogP contribution in [0, 0.1) is 0 Å². The van der Waals surface area contributed by atoms with E-state index < -0.39 is 6.04 Å². The lowest BCUT2D eigenvalue weighted by molar-refractivity contribution is -0.141. The number of hydrogen-bond acceptors (Lipinski definition) is 5. The lowest BCUT2D eigenvalue weighted by atomic mass is 9.94. The van der Waals surface area contributed by atoms with Crippen LogP contribution >= 0.6 is 0 Å². The van der Waals surface area contributed by atoms with Gasteiger partial charge in [0, 0.05) is 12.1 Å². The van der Waals surface area contributed by atoms with Crippen molar-refractivity contribution in [2.45, 2.75) is 50.6 Å². The van der Waals surface area contributed by atoms with Gasteiger partial charge in [0.25, 0.3) is 5.91 Å². The zero-order valence-electron chi connectivity index (χ0n) is 10.7. The van der Waals surface area contributed by atoms with Gasteiger partial charge >= 0.3 is 0 Å². The Morgan fingerprint density at radius 3 is 2.74 bits per heavy atom. The minimum atomic E-state index is -0.500. The predicted octanol–water partition coefficient (Wildman–Crippen LogP) is 1.55. The van der Waals surface area contributed by atoms with Gasteiger partial charge in [0.2, 0.25) is 5.91 Å². The molecule has 2 amide bonds. The summed E-state index contributed by atoms with van der Waals surface area (Å²) < 4.78 is 4.71. The van der Waals surface area contributed by atoms with E-state index in [1.807, 2.05) is 0 Å². The van der Waals surface area contributed by atoms with E-state index in [-0.39, 0.29) is 24.3 Å². The van der Waals surface area contributed by atoms with Crippen LogP contribution in [0.25, 0.3) is 0 Å². The molecule has 0 radical (unpaired) electrons. The van der Waals surface area contributed by atoms with Gasteiger partial charge in [-0.15, -0.1) is 0 Å². The normalized spacial score (nSPS) is 25.1. The zero-order valence-corrected chi connectivity index (χ0v) is 10.7. The van der Waals surface area contributed by atoms with E-state index in [4.69, 9.17) is 4.52 Å². The summed E-state index contributed by atoms with van der Waals surface area (Å²) in [6.45, 7) is 0. The second-order valence-corrected chi connectivity index (χ2v) is 5.18. The molecule has 102 valence electrons. The largest absolute Gasteiger partial charge is 0.363 e. The van der Waals surface area contributed by atoms with Crippen molar-refractivity contribution >= 4 is 17.6 Å². The molecular weight excluding hydrogens is 246 g/mol. The molecule has 1 atom stereocenters. The first-order valence-electron chi connectivity index (χ1n) is 6.78. The van der Waals surface area contributed by atoms with Crippen LogP contribution in [0.1, 0.15) is 38.5 Å². The number of aromatic nitrogens is 1. The minimum absolute atomic E-state index is 0.0714. The molecule has 2 heterocycles. The van der Waals surface area contributed by atoms with Crippen molar-refractivity contribution in [1.82, 2.24) is 10.1 Å². The van der Waals surface area contributed by atoms with Crippen LogP contribution in [0.4, 0.5) is 5.82 Å². The fourth-order valence-electron chi connectivity index (χ4n) is 2.95. The lowest BCUT2D eigenvalue weighted by Crippen LogP contribution is -2.43. The highest BCUT2D eigenvalue weighted by Crippen LogP contribution is 2.28. The van der Waals surface area contributed by atoms with Gasteiger partial charge in [-0.05, 0) is 12.8 Å². The fraction of sp³-hybridized carbons (Fsp3) is 0.615. The Hall–Kier alpha value is -1.85. The maximum Gasteiger partial charge on any atom is 0.252 e. The molecule has 1 saturated heterocycles. The summed E-state index contributed by atoms with van der Waals surface area (Å²) >= 11 is 0. The Morgan fingerprint density at radius 2 is 2.05 bits per heavy atom. The van der Waals surface area contributed by atoms with E-state index in [2.05, 4.69) is 10.5 Å². The fourth-order valence-corrected chi connectivity index (χ4v) is 2.95. The first kappa shape index (κ1) is 12.2. The SMILES string of the molecule is O=C1CC(Nc2ccon2)C(=O)N1C1CCCCC1. The summed E-state index contributed by atoms with van der Waals surface area (Å²) in [7, 11) is 0. The van der Waals surface area contributed by atoms with E-state index in [0.29, 0.717) is 5.82 Å². The van der Waals surface area contributed by atoms with Gasteiger partial charge < -0.3 is 9.84 Å². The lowest BCUT2D eigenvalue weighted by Gasteiger charge is -2.29. The summed E-state index contributed by atoms with van der Waals surface area (Å²) in [6.07, 6.45) is 6.92. The molecule has 2 aliphatic rings. The van der Waals surface area contributed by atoms with Crippen LogP contribution in [-0.4, -0.2) is 34.0 Å². The van der Waals surface area contributed by atoms with E-state index in [1.54, 1.807) is 6.07 Å². The van der Waals surface area contributed by atoms with E-state index in [0.717, 1.165) is 25.7 Å². The van der Waals surface area contributed by atoms with Gasteiger partial charge in [0.05, 0.1) is 6.42 Å². The molecule has 19 heavy (non-hydrogen) atoms. The van der Waals surface area contributed by atoms with Crippen LogP contribution in [0.3, 0.4) is 0 Å². The van der Waals surface area contributed by atoms with Crippen molar-refractivity contribution in [1.29, 1.82) is 0 Å². The number of nitrogens with one attached hydrogen (secondary N) is 1. The van der Waals surface area contributed by atoms with Gasteiger partial charge in [-0.25, -0.2) is 0 Å². The third kappa shape index (κ3) is 2.34. The molecule has 0 bridgehead atoms. The molecule has 6 heteroatoms. The summed E-state index contributed by atoms with van der Waals surface area (Å²) in [6, 6.07) is 1.23. The van der Waals surface area contributed by atoms with Gasteiger partial charge in [0.15, 0.2) is 5.82 Å². The average Bonchev–Trinajstić information content (AvgIpc) is 3.01. The predicted molar refractivity (Wildman–Crippen MR) is 67.3 cm³/mol. The van der Waals surface area contributed by atoms with Crippen molar-refractivity contribution in [2.75, 3.05) is 5.32 Å². The summed E-state index contributed by atoms with van der Waals surface area (Å²) in [5.41, 5.74) is 0. The molecule has 1 N–H and O–H groups in total. The standard InChI is InChI=1S/C13H17N3O3/c17-12-8-10(14-11-6-7-19-15-11)13(18)16(12)9-4-2-1-3-5-9/h6-7,9-10H,1-5,8H2,(H,14,15). The second-order valence-electron chi connectivity index (χ2n) is 5.18. The Labute approximate surface area is 111 Å². The molecule has 3 rings (SSSR count). The summed E-state index contributed by atoms with van der Waals surface area (Å²) in [4.78, 5) is 25.8. The molecule has 1 unspecified atom stereocenters. The monoisotopic (exact) mass is 263 g/mol. The zero-order chi connectivity index (χ0) is 13.2. The molecule has 1 saturated carbocycles. The number of carbonyl (C=O) groups excluding carboxylic acids is 2. The van der Waals surface area contributed by atoms with Crippen molar-refractivity contribution in [3.63, 3.8) is 0 Å². The highest BCUT2D eigenvalue weighted by atomic mass is 16.5. The number of carbonyl (C=O) groups is 2. The van der Waals surface area contributed by atoms with Crippen LogP contribution in [0.15, 0.2) is 16.9 Å². The number of rotatable bonds is 3. The van der Waals surface area contributed by atoms with Crippen LogP contribution < -0.4 is 5.32 Å². The summed E-state index contributed by atoms with van der Waals surface area (Å²) in [5, 5.41) is 6.66. The number of anilines is 1. The Balaban J connectivity index is 1.69. The number of imide groups is 1. The summed E-state index contributed by atoms with van der Waals surface area (Å²) in [5.74, 6) is 0.300. The minimum Gasteiger partial charge on any atom is -0.363 e. The maximum absolute atomic E-state index is 12.3. The van der Waals surface area contributed by atoms with Crippen LogP contribution in [-0.2, 0) is 9.59 Å². The highest BCUT2D eigenvalue weighted by molar-refractivity contribution is 6.07. The Bertz CT molecular complexity index is 465. The van der Waals surface area contributed by atoms with E-state index >= 15 is 0 Å². The third-order valence-corrected chi connectivity index (χ3v) is 3.88. The van der Waals surface area contributed by atoms with E-state index in [9.17, 15) is 9.59 Å². The average molecular weight is 263 g/mol. The number of amides is 2. The molecule has 1 aliphatic heterocycles. The molecule has 2 fully saturated rings. The maximum atomic E-state index is 12.3. The first-order chi connectivity index (χ1) is 9.25. The third-order valence-electron chi connectivity index (χ3n) is 3.88. The molecule has 0 aromatic carbocycles. The number of nitrogens with zero attached hydrogens (tertiary/aromatic N) is 2. The van der Waals surface area contributed by atoms with Gasteiger partial charge in [-0.1, -0.05) is 24.4 Å².